The number of aryl methyl sites for hydroxylation is 1. The van der Waals surface area contributed by atoms with E-state index in [-0.39, 0.29) is 0 Å². The Balaban J connectivity index is 2.15. The van der Waals surface area contributed by atoms with Crippen molar-refractivity contribution >= 4 is 5.69 Å². The van der Waals surface area contributed by atoms with Gasteiger partial charge in [0.25, 0.3) is 0 Å². The van der Waals surface area contributed by atoms with Crippen LogP contribution >= 0.6 is 0 Å². The first kappa shape index (κ1) is 13.6. The maximum atomic E-state index is 9.76. The third-order valence-electron chi connectivity index (χ3n) is 3.38. The molecule has 1 unspecified atom stereocenters. The summed E-state index contributed by atoms with van der Waals surface area (Å²) in [4.78, 5) is 0. The molecule has 2 rings (SSSR count). The molecule has 2 nitrogen and oxygen atoms in total. The molecule has 100 valence electrons. The Morgan fingerprint density at radius 1 is 1.00 bits per heavy atom. The van der Waals surface area contributed by atoms with Gasteiger partial charge in [-0.05, 0) is 30.5 Å². The monoisotopic (exact) mass is 255 g/mol. The average molecular weight is 255 g/mol. The van der Waals surface area contributed by atoms with E-state index in [2.05, 4.69) is 36.5 Å². The Labute approximate surface area is 115 Å². The molecule has 2 aromatic carbocycles. The molecule has 0 aliphatic heterocycles. The highest BCUT2D eigenvalue weighted by molar-refractivity contribution is 5.52. The van der Waals surface area contributed by atoms with Crippen molar-refractivity contribution in [3.05, 3.63) is 65.2 Å². The van der Waals surface area contributed by atoms with E-state index in [1.165, 1.54) is 11.1 Å². The maximum Gasteiger partial charge on any atom is 0.0781 e. The third kappa shape index (κ3) is 3.36. The van der Waals surface area contributed by atoms with Crippen LogP contribution in [0.15, 0.2) is 48.5 Å². The molecule has 0 bridgehead atoms. The zero-order valence-corrected chi connectivity index (χ0v) is 11.6. The molecular formula is C17H21NO. The number of benzene rings is 2. The summed E-state index contributed by atoms with van der Waals surface area (Å²) >= 11 is 0. The van der Waals surface area contributed by atoms with Crippen molar-refractivity contribution in [2.75, 3.05) is 5.32 Å². The van der Waals surface area contributed by atoms with Gasteiger partial charge in [-0.3, -0.25) is 0 Å². The molecule has 0 fully saturated rings. The number of hydrogen-bond acceptors (Lipinski definition) is 2. The molecule has 1 atom stereocenters. The first-order valence-corrected chi connectivity index (χ1v) is 6.80. The van der Waals surface area contributed by atoms with E-state index in [1.807, 2.05) is 24.3 Å². The Bertz CT molecular complexity index is 534. The van der Waals surface area contributed by atoms with Crippen LogP contribution in [0.3, 0.4) is 0 Å². The van der Waals surface area contributed by atoms with Crippen LogP contribution in [0.2, 0.25) is 0 Å². The summed E-state index contributed by atoms with van der Waals surface area (Å²) in [6.07, 6.45) is 0.584. The van der Waals surface area contributed by atoms with Gasteiger partial charge in [-0.25, -0.2) is 0 Å². The van der Waals surface area contributed by atoms with Crippen molar-refractivity contribution in [3.8, 4) is 0 Å². The second-order valence-electron chi connectivity index (χ2n) is 4.74. The van der Waals surface area contributed by atoms with E-state index < -0.39 is 6.10 Å². The molecule has 0 radical (unpaired) electrons. The molecule has 0 aliphatic rings. The van der Waals surface area contributed by atoms with Crippen molar-refractivity contribution in [1.82, 2.24) is 0 Å². The van der Waals surface area contributed by atoms with Crippen LogP contribution in [0.25, 0.3) is 0 Å². The Morgan fingerprint density at radius 2 is 1.63 bits per heavy atom. The lowest BCUT2D eigenvalue weighted by Crippen LogP contribution is -2.05. The van der Waals surface area contributed by atoms with Gasteiger partial charge >= 0.3 is 0 Å². The second-order valence-corrected chi connectivity index (χ2v) is 4.74. The van der Waals surface area contributed by atoms with Crippen LogP contribution in [0, 0.1) is 0 Å². The van der Waals surface area contributed by atoms with E-state index in [9.17, 15) is 5.11 Å². The standard InChI is InChI=1S/C17H21NO/c1-3-14-8-4-5-9-15(14)12-18-17-11-7-6-10-16(17)13(2)19/h4-11,13,18-19H,3,12H2,1-2H3. The number of para-hydroxylation sites is 1. The van der Waals surface area contributed by atoms with Crippen molar-refractivity contribution in [2.24, 2.45) is 0 Å². The summed E-state index contributed by atoms with van der Waals surface area (Å²) in [7, 11) is 0. The molecule has 0 saturated heterocycles. The number of rotatable bonds is 5. The fourth-order valence-corrected chi connectivity index (χ4v) is 2.29. The number of hydrogen-bond donors (Lipinski definition) is 2. The molecule has 2 aromatic rings. The highest BCUT2D eigenvalue weighted by atomic mass is 16.3. The smallest absolute Gasteiger partial charge is 0.0781 e. The van der Waals surface area contributed by atoms with Gasteiger partial charge < -0.3 is 10.4 Å². The molecule has 0 heterocycles. The molecule has 0 aliphatic carbocycles. The van der Waals surface area contributed by atoms with Crippen molar-refractivity contribution in [3.63, 3.8) is 0 Å². The van der Waals surface area contributed by atoms with Crippen molar-refractivity contribution in [1.29, 1.82) is 0 Å². The Kier molecular flexibility index (Phi) is 4.58. The first-order chi connectivity index (χ1) is 9.22. The predicted molar refractivity (Wildman–Crippen MR) is 80.2 cm³/mol. The van der Waals surface area contributed by atoms with Crippen LogP contribution in [0.4, 0.5) is 5.69 Å². The van der Waals surface area contributed by atoms with Crippen molar-refractivity contribution in [2.45, 2.75) is 32.9 Å². The fraction of sp³-hybridized carbons (Fsp3) is 0.294. The summed E-state index contributed by atoms with van der Waals surface area (Å²) in [6, 6.07) is 16.4. The molecule has 0 spiro atoms. The summed E-state index contributed by atoms with van der Waals surface area (Å²) < 4.78 is 0. The maximum absolute atomic E-state index is 9.76. The largest absolute Gasteiger partial charge is 0.389 e. The molecular weight excluding hydrogens is 234 g/mol. The average Bonchev–Trinajstić information content (AvgIpc) is 2.45. The number of anilines is 1. The number of nitrogens with one attached hydrogen (secondary N) is 1. The minimum atomic E-state index is -0.454. The van der Waals surface area contributed by atoms with E-state index >= 15 is 0 Å². The lowest BCUT2D eigenvalue weighted by Gasteiger charge is -2.15. The SMILES string of the molecule is CCc1ccccc1CNc1ccccc1C(C)O. The summed E-state index contributed by atoms with van der Waals surface area (Å²) in [5.74, 6) is 0. The summed E-state index contributed by atoms with van der Waals surface area (Å²) in [5.41, 5.74) is 4.62. The normalized spacial score (nSPS) is 12.2. The topological polar surface area (TPSA) is 32.3 Å². The minimum Gasteiger partial charge on any atom is -0.389 e. The van der Waals surface area contributed by atoms with Gasteiger partial charge in [0.15, 0.2) is 0 Å². The third-order valence-corrected chi connectivity index (χ3v) is 3.38. The Morgan fingerprint density at radius 3 is 2.32 bits per heavy atom. The van der Waals surface area contributed by atoms with E-state index in [0.29, 0.717) is 0 Å². The first-order valence-electron chi connectivity index (χ1n) is 6.80. The predicted octanol–water partition coefficient (Wildman–Crippen LogP) is 3.91. The van der Waals surface area contributed by atoms with Crippen LogP contribution in [0.1, 0.15) is 36.6 Å². The number of aliphatic hydroxyl groups is 1. The van der Waals surface area contributed by atoms with Gasteiger partial charge in [-0.2, -0.15) is 0 Å². The Hall–Kier alpha value is -1.80. The van der Waals surface area contributed by atoms with E-state index in [1.54, 1.807) is 6.92 Å². The van der Waals surface area contributed by atoms with Crippen LogP contribution in [0.5, 0.6) is 0 Å². The zero-order valence-electron chi connectivity index (χ0n) is 11.6. The van der Waals surface area contributed by atoms with Gasteiger partial charge in [0.1, 0.15) is 0 Å². The fourth-order valence-electron chi connectivity index (χ4n) is 2.29. The molecule has 2 N–H and O–H groups in total. The van der Waals surface area contributed by atoms with Gasteiger partial charge in [0.2, 0.25) is 0 Å². The highest BCUT2D eigenvalue weighted by Gasteiger charge is 2.07. The quantitative estimate of drug-likeness (QED) is 0.849. The molecule has 19 heavy (non-hydrogen) atoms. The molecule has 0 aromatic heterocycles. The number of aliphatic hydroxyl groups excluding tert-OH is 1. The lowest BCUT2D eigenvalue weighted by atomic mass is 10.0. The summed E-state index contributed by atoms with van der Waals surface area (Å²) in [5, 5.41) is 13.2. The zero-order chi connectivity index (χ0) is 13.7. The van der Waals surface area contributed by atoms with Crippen LogP contribution < -0.4 is 5.32 Å². The van der Waals surface area contributed by atoms with Crippen LogP contribution in [-0.4, -0.2) is 5.11 Å². The molecule has 2 heteroatoms. The van der Waals surface area contributed by atoms with Gasteiger partial charge in [0.05, 0.1) is 6.10 Å². The van der Waals surface area contributed by atoms with Crippen LogP contribution in [-0.2, 0) is 13.0 Å². The molecule has 0 amide bonds. The van der Waals surface area contributed by atoms with E-state index in [4.69, 9.17) is 0 Å². The van der Waals surface area contributed by atoms with Gasteiger partial charge in [-0.1, -0.05) is 49.4 Å². The second kappa shape index (κ2) is 6.39. The van der Waals surface area contributed by atoms with E-state index in [0.717, 1.165) is 24.2 Å². The van der Waals surface area contributed by atoms with Gasteiger partial charge in [0, 0.05) is 17.8 Å². The van der Waals surface area contributed by atoms with Gasteiger partial charge in [-0.15, -0.1) is 0 Å². The minimum absolute atomic E-state index is 0.454. The summed E-state index contributed by atoms with van der Waals surface area (Å²) in [6.45, 7) is 4.75. The van der Waals surface area contributed by atoms with Crippen molar-refractivity contribution < 1.29 is 5.11 Å². The lowest BCUT2D eigenvalue weighted by molar-refractivity contribution is 0.200. The molecule has 0 saturated carbocycles. The highest BCUT2D eigenvalue weighted by Crippen LogP contribution is 2.23.